The first kappa shape index (κ1) is 10.4. The lowest BCUT2D eigenvalue weighted by Crippen LogP contribution is -2.03. The maximum absolute atomic E-state index is 12.0. The van der Waals surface area contributed by atoms with Crippen molar-refractivity contribution >= 4 is 50.8 Å². The van der Waals surface area contributed by atoms with Gasteiger partial charge in [-0.3, -0.25) is 4.79 Å². The molecule has 1 aromatic heterocycles. The summed E-state index contributed by atoms with van der Waals surface area (Å²) in [4.78, 5) is 12.0. The molecule has 1 aliphatic heterocycles. The van der Waals surface area contributed by atoms with E-state index in [1.807, 2.05) is 0 Å². The van der Waals surface area contributed by atoms with Gasteiger partial charge in [0, 0.05) is 16.3 Å². The van der Waals surface area contributed by atoms with Gasteiger partial charge in [-0.1, -0.05) is 11.6 Å². The maximum atomic E-state index is 12.0. The van der Waals surface area contributed by atoms with E-state index in [9.17, 15) is 4.79 Å². The quantitative estimate of drug-likeness (QED) is 0.799. The van der Waals surface area contributed by atoms with Gasteiger partial charge in [0.05, 0.1) is 6.94 Å². The summed E-state index contributed by atoms with van der Waals surface area (Å²) in [6, 6.07) is 8.41. The molecule has 2 heterocycles. The van der Waals surface area contributed by atoms with Gasteiger partial charge in [0.2, 0.25) is 0 Å². The molecule has 1 aromatic carbocycles. The van der Waals surface area contributed by atoms with E-state index < -0.39 is 0 Å². The fourth-order valence-corrected chi connectivity index (χ4v) is 2.25. The zero-order valence-corrected chi connectivity index (χ0v) is 11.3. The SMILES string of the molecule is [2H]C(=C1C(=O)Nc2ccc(Cl)cc21)c1ccc(Br)o1. The number of amides is 1. The zero-order valence-electron chi connectivity index (χ0n) is 9.96. The number of hydrogen-bond acceptors (Lipinski definition) is 2. The molecule has 18 heavy (non-hydrogen) atoms. The van der Waals surface area contributed by atoms with Gasteiger partial charge in [-0.25, -0.2) is 0 Å². The van der Waals surface area contributed by atoms with Crippen molar-refractivity contribution in [2.45, 2.75) is 0 Å². The van der Waals surface area contributed by atoms with Crippen LogP contribution in [0.2, 0.25) is 5.02 Å². The van der Waals surface area contributed by atoms with Gasteiger partial charge in [-0.05, 0) is 52.3 Å². The van der Waals surface area contributed by atoms with Crippen LogP contribution in [0.3, 0.4) is 0 Å². The monoisotopic (exact) mass is 324 g/mol. The number of fused-ring (bicyclic) bond motifs is 1. The van der Waals surface area contributed by atoms with Crippen LogP contribution in [0, 0.1) is 0 Å². The molecule has 2 aromatic rings. The minimum atomic E-state index is -0.324. The fourth-order valence-electron chi connectivity index (χ4n) is 1.77. The minimum Gasteiger partial charge on any atom is -0.450 e. The van der Waals surface area contributed by atoms with Crippen LogP contribution in [0.4, 0.5) is 5.69 Å². The number of furan rings is 1. The molecule has 0 bridgehead atoms. The lowest BCUT2D eigenvalue weighted by Gasteiger charge is -1.98. The Morgan fingerprint density at radius 1 is 1.39 bits per heavy atom. The fraction of sp³-hybridized carbons (Fsp3) is 0. The molecule has 0 spiro atoms. The van der Waals surface area contributed by atoms with Crippen molar-refractivity contribution < 1.29 is 10.6 Å². The molecule has 90 valence electrons. The van der Waals surface area contributed by atoms with E-state index in [0.29, 0.717) is 26.7 Å². The molecule has 0 atom stereocenters. The minimum absolute atomic E-state index is 0.0317. The standard InChI is InChI=1S/C13H7BrClNO2/c14-12-4-2-8(18-12)6-10-9-5-7(15)1-3-11(9)16-13(10)17/h1-6H,(H,16,17)/i6D. The highest BCUT2D eigenvalue weighted by molar-refractivity contribution is 9.10. The molecule has 3 nitrogen and oxygen atoms in total. The molecule has 0 saturated carbocycles. The van der Waals surface area contributed by atoms with E-state index in [1.54, 1.807) is 30.3 Å². The largest absolute Gasteiger partial charge is 0.450 e. The number of rotatable bonds is 1. The van der Waals surface area contributed by atoms with E-state index in [4.69, 9.17) is 17.4 Å². The van der Waals surface area contributed by atoms with Crippen molar-refractivity contribution in [3.63, 3.8) is 0 Å². The Morgan fingerprint density at radius 2 is 2.22 bits per heavy atom. The topological polar surface area (TPSA) is 42.2 Å². The molecule has 0 radical (unpaired) electrons. The highest BCUT2D eigenvalue weighted by Crippen LogP contribution is 2.35. The van der Waals surface area contributed by atoms with Crippen molar-refractivity contribution in [3.8, 4) is 0 Å². The van der Waals surface area contributed by atoms with Crippen LogP contribution < -0.4 is 5.32 Å². The lowest BCUT2D eigenvalue weighted by atomic mass is 10.1. The molecule has 3 rings (SSSR count). The summed E-state index contributed by atoms with van der Waals surface area (Å²) in [5, 5.41) is 3.22. The third-order valence-electron chi connectivity index (χ3n) is 2.55. The second-order valence-corrected chi connectivity index (χ2v) is 4.97. The number of hydrogen-bond donors (Lipinski definition) is 1. The highest BCUT2D eigenvalue weighted by Gasteiger charge is 2.24. The van der Waals surface area contributed by atoms with Crippen molar-refractivity contribution in [2.75, 3.05) is 5.32 Å². The number of carbonyl (C=O) groups is 1. The predicted octanol–water partition coefficient (Wildman–Crippen LogP) is 4.19. The predicted molar refractivity (Wildman–Crippen MR) is 74.4 cm³/mol. The zero-order chi connectivity index (χ0) is 13.6. The van der Waals surface area contributed by atoms with E-state index in [-0.39, 0.29) is 17.5 Å². The average Bonchev–Trinajstić information content (AvgIpc) is 2.91. The van der Waals surface area contributed by atoms with Crippen molar-refractivity contribution in [1.82, 2.24) is 0 Å². The van der Waals surface area contributed by atoms with Gasteiger partial charge >= 0.3 is 0 Å². The van der Waals surface area contributed by atoms with Gasteiger partial charge in [0.15, 0.2) is 4.67 Å². The molecule has 1 amide bonds. The van der Waals surface area contributed by atoms with Crippen molar-refractivity contribution in [3.05, 3.63) is 51.3 Å². The number of nitrogens with one attached hydrogen (secondary N) is 1. The Balaban J connectivity index is 2.20. The van der Waals surface area contributed by atoms with Gasteiger partial charge in [0.1, 0.15) is 5.76 Å². The molecule has 1 aliphatic rings. The van der Waals surface area contributed by atoms with Crippen LogP contribution in [0.15, 0.2) is 39.4 Å². The molecular formula is C13H7BrClNO2. The molecule has 1 N–H and O–H groups in total. The third-order valence-corrected chi connectivity index (χ3v) is 3.21. The molecule has 0 unspecified atom stereocenters. The summed E-state index contributed by atoms with van der Waals surface area (Å²) in [7, 11) is 0. The number of halogens is 2. The Hall–Kier alpha value is -1.52. The van der Waals surface area contributed by atoms with E-state index in [2.05, 4.69) is 21.2 Å². The summed E-state index contributed by atoms with van der Waals surface area (Å²) in [5.41, 5.74) is 1.54. The smallest absolute Gasteiger partial charge is 0.256 e. The first-order valence-electron chi connectivity index (χ1n) is 5.64. The number of carbonyl (C=O) groups excluding carboxylic acids is 1. The van der Waals surface area contributed by atoms with Crippen LogP contribution >= 0.6 is 27.5 Å². The Morgan fingerprint density at radius 3 is 2.94 bits per heavy atom. The van der Waals surface area contributed by atoms with Gasteiger partial charge in [-0.15, -0.1) is 0 Å². The lowest BCUT2D eigenvalue weighted by molar-refractivity contribution is -0.110. The van der Waals surface area contributed by atoms with Gasteiger partial charge in [0.25, 0.3) is 5.91 Å². The molecule has 5 heteroatoms. The highest BCUT2D eigenvalue weighted by atomic mass is 79.9. The number of anilines is 1. The van der Waals surface area contributed by atoms with E-state index >= 15 is 0 Å². The Bertz CT molecular complexity index is 723. The molecular weight excluding hydrogens is 318 g/mol. The van der Waals surface area contributed by atoms with Crippen LogP contribution in [-0.4, -0.2) is 5.91 Å². The second-order valence-electron chi connectivity index (χ2n) is 3.75. The first-order chi connectivity index (χ1) is 9.06. The normalized spacial score (nSPS) is 17.2. The Kier molecular flexibility index (Phi) is 2.48. The van der Waals surface area contributed by atoms with Crippen LogP contribution in [-0.2, 0) is 4.79 Å². The van der Waals surface area contributed by atoms with Gasteiger partial charge < -0.3 is 9.73 Å². The van der Waals surface area contributed by atoms with E-state index in [1.165, 1.54) is 0 Å². The van der Waals surface area contributed by atoms with Crippen LogP contribution in [0.25, 0.3) is 11.6 Å². The van der Waals surface area contributed by atoms with Crippen LogP contribution in [0.1, 0.15) is 12.7 Å². The molecule has 0 fully saturated rings. The van der Waals surface area contributed by atoms with Gasteiger partial charge in [-0.2, -0.15) is 0 Å². The summed E-state index contributed by atoms with van der Waals surface area (Å²) in [6.45, 7) is 0. The maximum Gasteiger partial charge on any atom is 0.256 e. The average molecular weight is 326 g/mol. The second kappa shape index (κ2) is 4.30. The summed E-state index contributed by atoms with van der Waals surface area (Å²) in [6.07, 6.45) is 0. The number of benzene rings is 1. The third kappa shape index (κ3) is 1.98. The van der Waals surface area contributed by atoms with Crippen molar-refractivity contribution in [2.24, 2.45) is 0 Å². The first-order valence-corrected chi connectivity index (χ1v) is 6.31. The Labute approximate surface area is 118 Å². The molecule has 0 saturated heterocycles. The summed E-state index contributed by atoms with van der Waals surface area (Å²) < 4.78 is 13.9. The molecule has 0 aliphatic carbocycles. The summed E-state index contributed by atoms with van der Waals surface area (Å²) >= 11 is 9.11. The van der Waals surface area contributed by atoms with Crippen molar-refractivity contribution in [1.29, 1.82) is 0 Å². The van der Waals surface area contributed by atoms with E-state index in [0.717, 1.165) is 0 Å². The summed E-state index contributed by atoms with van der Waals surface area (Å²) in [5.74, 6) is -0.000334. The van der Waals surface area contributed by atoms with Crippen LogP contribution in [0.5, 0.6) is 0 Å².